The molecule has 2 aromatic heterocycles. The molecule has 8 nitrogen and oxygen atoms in total. The van der Waals surface area contributed by atoms with E-state index in [0.29, 0.717) is 47.4 Å². The number of rotatable bonds is 4. The number of nitrogens with zero attached hydrogens (tertiary/aromatic N) is 5. The van der Waals surface area contributed by atoms with Crippen LogP contribution in [0.2, 0.25) is 0 Å². The van der Waals surface area contributed by atoms with E-state index in [-0.39, 0.29) is 17.4 Å². The van der Waals surface area contributed by atoms with E-state index in [1.807, 2.05) is 4.90 Å². The number of amides is 1. The fourth-order valence-corrected chi connectivity index (χ4v) is 4.01. The zero-order valence-electron chi connectivity index (χ0n) is 15.2. The molecule has 148 valence electrons. The summed E-state index contributed by atoms with van der Waals surface area (Å²) in [5.41, 5.74) is 0.323. The maximum Gasteiger partial charge on any atom is 0.287 e. The van der Waals surface area contributed by atoms with Gasteiger partial charge < -0.3 is 9.80 Å². The fraction of sp³-hybridized carbons (Fsp3) is 0.211. The molecule has 0 unspecified atom stereocenters. The number of hydrogen-bond donors (Lipinski definition) is 0. The van der Waals surface area contributed by atoms with Crippen molar-refractivity contribution in [1.82, 2.24) is 14.9 Å². The van der Waals surface area contributed by atoms with Gasteiger partial charge in [0.1, 0.15) is 27.7 Å². The standard InChI is InChI=1S/C19H16FN5O3S/c20-15-4-2-1-3-14(15)18-22-12-16(29-18)19(26)24-9-7-23(8-10-24)17-6-5-13(11-21-17)25(27)28/h1-6,11-12H,7-10H2. The summed E-state index contributed by atoms with van der Waals surface area (Å²) in [6.07, 6.45) is 2.72. The van der Waals surface area contributed by atoms with Crippen LogP contribution in [0.5, 0.6) is 0 Å². The monoisotopic (exact) mass is 413 g/mol. The summed E-state index contributed by atoms with van der Waals surface area (Å²) in [4.78, 5) is 35.5. The van der Waals surface area contributed by atoms with E-state index in [4.69, 9.17) is 0 Å². The van der Waals surface area contributed by atoms with Crippen LogP contribution in [0, 0.1) is 15.9 Å². The van der Waals surface area contributed by atoms with Crippen LogP contribution in [-0.4, -0.2) is 51.9 Å². The van der Waals surface area contributed by atoms with Crippen molar-refractivity contribution in [3.05, 3.63) is 69.6 Å². The Kier molecular flexibility index (Phi) is 5.17. The Hall–Kier alpha value is -3.40. The molecule has 1 aromatic carbocycles. The Morgan fingerprint density at radius 3 is 2.48 bits per heavy atom. The first-order valence-corrected chi connectivity index (χ1v) is 9.70. The van der Waals surface area contributed by atoms with Crippen molar-refractivity contribution in [1.29, 1.82) is 0 Å². The van der Waals surface area contributed by atoms with Crippen molar-refractivity contribution in [3.63, 3.8) is 0 Å². The van der Waals surface area contributed by atoms with E-state index in [1.54, 1.807) is 29.2 Å². The van der Waals surface area contributed by atoms with Crippen molar-refractivity contribution >= 4 is 28.7 Å². The van der Waals surface area contributed by atoms with E-state index in [2.05, 4.69) is 9.97 Å². The zero-order valence-corrected chi connectivity index (χ0v) is 16.0. The van der Waals surface area contributed by atoms with Crippen LogP contribution in [0.25, 0.3) is 10.6 Å². The highest BCUT2D eigenvalue weighted by Gasteiger charge is 2.25. The number of carbonyl (C=O) groups excluding carboxylic acids is 1. The predicted molar refractivity (Wildman–Crippen MR) is 107 cm³/mol. The first-order chi connectivity index (χ1) is 14.0. The van der Waals surface area contributed by atoms with Gasteiger partial charge in [0.25, 0.3) is 11.6 Å². The van der Waals surface area contributed by atoms with Gasteiger partial charge in [0.05, 0.1) is 11.1 Å². The minimum atomic E-state index is -0.488. The SMILES string of the molecule is O=C(c1cnc(-c2ccccc2F)s1)N1CCN(c2ccc([N+](=O)[O-])cn2)CC1. The number of thiazole rings is 1. The Morgan fingerprint density at radius 2 is 1.83 bits per heavy atom. The second-order valence-corrected chi connectivity index (χ2v) is 7.45. The molecule has 3 aromatic rings. The van der Waals surface area contributed by atoms with E-state index >= 15 is 0 Å². The molecule has 1 amide bonds. The number of carbonyl (C=O) groups is 1. The first-order valence-electron chi connectivity index (χ1n) is 8.88. The van der Waals surface area contributed by atoms with Gasteiger partial charge in [0, 0.05) is 37.8 Å². The molecule has 0 saturated carbocycles. The van der Waals surface area contributed by atoms with Crippen LogP contribution >= 0.6 is 11.3 Å². The highest BCUT2D eigenvalue weighted by atomic mass is 32.1. The summed E-state index contributed by atoms with van der Waals surface area (Å²) in [6.45, 7) is 2.11. The average Bonchev–Trinajstić information content (AvgIpc) is 3.24. The van der Waals surface area contributed by atoms with Crippen molar-refractivity contribution in [2.75, 3.05) is 31.1 Å². The third-order valence-electron chi connectivity index (χ3n) is 4.65. The van der Waals surface area contributed by atoms with Gasteiger partial charge in [-0.25, -0.2) is 14.4 Å². The maximum atomic E-state index is 13.9. The molecule has 0 bridgehead atoms. The number of nitro groups is 1. The molecule has 0 N–H and O–H groups in total. The molecule has 10 heteroatoms. The summed E-state index contributed by atoms with van der Waals surface area (Å²) in [5.74, 6) is 0.133. The Bertz CT molecular complexity index is 1050. The van der Waals surface area contributed by atoms with Gasteiger partial charge in [-0.3, -0.25) is 14.9 Å². The number of pyridine rings is 1. The van der Waals surface area contributed by atoms with Crippen LogP contribution < -0.4 is 4.90 Å². The number of anilines is 1. The van der Waals surface area contributed by atoms with Crippen molar-refractivity contribution in [2.45, 2.75) is 0 Å². The highest BCUT2D eigenvalue weighted by Crippen LogP contribution is 2.28. The topological polar surface area (TPSA) is 92.5 Å². The number of benzene rings is 1. The third kappa shape index (κ3) is 3.92. The number of halogens is 1. The van der Waals surface area contributed by atoms with Crippen LogP contribution in [0.3, 0.4) is 0 Å². The van der Waals surface area contributed by atoms with Gasteiger partial charge in [-0.05, 0) is 18.2 Å². The molecule has 0 radical (unpaired) electrons. The molecule has 29 heavy (non-hydrogen) atoms. The molecular formula is C19H16FN5O3S. The minimum absolute atomic E-state index is 0.0570. The molecule has 1 aliphatic heterocycles. The Balaban J connectivity index is 1.40. The molecular weight excluding hydrogens is 397 g/mol. The molecule has 1 saturated heterocycles. The molecule has 0 atom stereocenters. The van der Waals surface area contributed by atoms with Gasteiger partial charge in [-0.1, -0.05) is 12.1 Å². The van der Waals surface area contributed by atoms with Gasteiger partial charge in [-0.15, -0.1) is 11.3 Å². The minimum Gasteiger partial charge on any atom is -0.353 e. The van der Waals surface area contributed by atoms with Gasteiger partial charge in [0.15, 0.2) is 0 Å². The van der Waals surface area contributed by atoms with Crippen LogP contribution in [0.15, 0.2) is 48.8 Å². The molecule has 3 heterocycles. The smallest absolute Gasteiger partial charge is 0.287 e. The van der Waals surface area contributed by atoms with Crippen molar-refractivity contribution in [3.8, 4) is 10.6 Å². The number of piperazine rings is 1. The molecule has 0 aliphatic carbocycles. The van der Waals surface area contributed by atoms with Gasteiger partial charge in [-0.2, -0.15) is 0 Å². The van der Waals surface area contributed by atoms with E-state index in [9.17, 15) is 19.3 Å². The van der Waals surface area contributed by atoms with Crippen molar-refractivity contribution in [2.24, 2.45) is 0 Å². The Morgan fingerprint density at radius 1 is 1.07 bits per heavy atom. The second kappa shape index (κ2) is 7.92. The summed E-state index contributed by atoms with van der Waals surface area (Å²) in [5, 5.41) is 11.2. The first kappa shape index (κ1) is 18.9. The lowest BCUT2D eigenvalue weighted by Gasteiger charge is -2.35. The van der Waals surface area contributed by atoms with E-state index in [1.165, 1.54) is 35.9 Å². The third-order valence-corrected chi connectivity index (χ3v) is 5.67. The normalized spacial score (nSPS) is 14.1. The predicted octanol–water partition coefficient (Wildman–Crippen LogP) is 3.21. The lowest BCUT2D eigenvalue weighted by Crippen LogP contribution is -2.48. The summed E-state index contributed by atoms with van der Waals surface area (Å²) in [6, 6.07) is 9.37. The van der Waals surface area contributed by atoms with Crippen molar-refractivity contribution < 1.29 is 14.1 Å². The number of aromatic nitrogens is 2. The fourth-order valence-electron chi connectivity index (χ4n) is 3.10. The summed E-state index contributed by atoms with van der Waals surface area (Å²) < 4.78 is 13.9. The molecule has 1 fully saturated rings. The maximum absolute atomic E-state index is 13.9. The van der Waals surface area contributed by atoms with E-state index in [0.717, 1.165) is 0 Å². The van der Waals surface area contributed by atoms with Crippen LogP contribution in [-0.2, 0) is 0 Å². The zero-order chi connectivity index (χ0) is 20.4. The molecule has 1 aliphatic rings. The summed E-state index contributed by atoms with van der Waals surface area (Å²) >= 11 is 1.17. The average molecular weight is 413 g/mol. The van der Waals surface area contributed by atoms with Crippen LogP contribution in [0.1, 0.15) is 9.67 Å². The molecule has 0 spiro atoms. The largest absolute Gasteiger partial charge is 0.353 e. The summed E-state index contributed by atoms with van der Waals surface area (Å²) in [7, 11) is 0. The van der Waals surface area contributed by atoms with Crippen LogP contribution in [0.4, 0.5) is 15.9 Å². The lowest BCUT2D eigenvalue weighted by molar-refractivity contribution is -0.385. The van der Waals surface area contributed by atoms with Gasteiger partial charge >= 0.3 is 0 Å². The second-order valence-electron chi connectivity index (χ2n) is 6.42. The van der Waals surface area contributed by atoms with Gasteiger partial charge in [0.2, 0.25) is 0 Å². The highest BCUT2D eigenvalue weighted by molar-refractivity contribution is 7.16. The quantitative estimate of drug-likeness (QED) is 0.482. The number of hydrogen-bond acceptors (Lipinski definition) is 7. The van der Waals surface area contributed by atoms with E-state index < -0.39 is 4.92 Å². The Labute approximate surface area is 169 Å². The molecule has 4 rings (SSSR count). The lowest BCUT2D eigenvalue weighted by atomic mass is 10.2.